The van der Waals surface area contributed by atoms with Crippen LogP contribution < -0.4 is 0 Å². The topological polar surface area (TPSA) is 51.0 Å². The van der Waals surface area contributed by atoms with Crippen molar-refractivity contribution in [2.45, 2.75) is 64.3 Å². The number of carbonyl (C=O) groups excluding carboxylic acids is 1. The number of nitrogens with zero attached hydrogens (tertiary/aromatic N) is 4. The minimum atomic E-state index is 0.388. The molecule has 1 aliphatic heterocycles. The second kappa shape index (κ2) is 6.62. The lowest BCUT2D eigenvalue weighted by molar-refractivity contribution is -0.131. The molecule has 2 heterocycles. The van der Waals surface area contributed by atoms with Gasteiger partial charge in [-0.15, -0.1) is 10.2 Å². The van der Waals surface area contributed by atoms with Gasteiger partial charge in [0.05, 0.1) is 0 Å². The second-order valence-electron chi connectivity index (χ2n) is 7.90. The van der Waals surface area contributed by atoms with Crippen molar-refractivity contribution in [1.29, 1.82) is 0 Å². The van der Waals surface area contributed by atoms with E-state index < -0.39 is 0 Å². The van der Waals surface area contributed by atoms with Crippen molar-refractivity contribution in [3.8, 4) is 0 Å². The standard InChI is InChI=1S/C18H28N4O/c23-18(10-14-3-1-2-4-14)21-8-7-16(12-21)9-17-20-19-13-22(17)11-15-5-6-15/h13-16H,1-12H2. The first-order valence-electron chi connectivity index (χ1n) is 9.42. The van der Waals surface area contributed by atoms with E-state index in [0.717, 1.165) is 50.6 Å². The zero-order valence-electron chi connectivity index (χ0n) is 14.0. The molecule has 1 amide bonds. The molecule has 2 aliphatic carbocycles. The van der Waals surface area contributed by atoms with Crippen LogP contribution in [-0.2, 0) is 17.8 Å². The molecule has 3 fully saturated rings. The molecule has 0 spiro atoms. The molecular weight excluding hydrogens is 288 g/mol. The lowest BCUT2D eigenvalue weighted by Crippen LogP contribution is -2.30. The third kappa shape index (κ3) is 3.75. The minimum Gasteiger partial charge on any atom is -0.342 e. The van der Waals surface area contributed by atoms with Gasteiger partial charge in [-0.25, -0.2) is 0 Å². The Labute approximate surface area is 138 Å². The summed E-state index contributed by atoms with van der Waals surface area (Å²) in [6.45, 7) is 2.94. The van der Waals surface area contributed by atoms with E-state index in [2.05, 4.69) is 19.7 Å². The quantitative estimate of drug-likeness (QED) is 0.811. The van der Waals surface area contributed by atoms with Gasteiger partial charge in [0.15, 0.2) is 0 Å². The number of carbonyl (C=O) groups is 1. The van der Waals surface area contributed by atoms with Crippen LogP contribution >= 0.6 is 0 Å². The predicted molar refractivity (Wildman–Crippen MR) is 87.7 cm³/mol. The van der Waals surface area contributed by atoms with Gasteiger partial charge in [-0.3, -0.25) is 4.79 Å². The smallest absolute Gasteiger partial charge is 0.222 e. The van der Waals surface area contributed by atoms with E-state index in [1.807, 2.05) is 6.33 Å². The van der Waals surface area contributed by atoms with Crippen molar-refractivity contribution in [1.82, 2.24) is 19.7 Å². The van der Waals surface area contributed by atoms with E-state index in [4.69, 9.17) is 0 Å². The predicted octanol–water partition coefficient (Wildman–Crippen LogP) is 2.66. The highest BCUT2D eigenvalue weighted by Gasteiger charge is 2.30. The van der Waals surface area contributed by atoms with Crippen molar-refractivity contribution in [3.63, 3.8) is 0 Å². The monoisotopic (exact) mass is 316 g/mol. The fourth-order valence-corrected chi connectivity index (χ4v) is 4.24. The Morgan fingerprint density at radius 1 is 1.09 bits per heavy atom. The van der Waals surface area contributed by atoms with Crippen LogP contribution in [0.5, 0.6) is 0 Å². The SMILES string of the molecule is O=C(CC1CCCC1)N1CCC(Cc2nncn2CC2CC2)C1. The molecular formula is C18H28N4O. The van der Waals surface area contributed by atoms with Gasteiger partial charge in [-0.05, 0) is 49.9 Å². The van der Waals surface area contributed by atoms with Gasteiger partial charge < -0.3 is 9.47 Å². The van der Waals surface area contributed by atoms with Gasteiger partial charge >= 0.3 is 0 Å². The fraction of sp³-hybridized carbons (Fsp3) is 0.833. The largest absolute Gasteiger partial charge is 0.342 e. The number of aromatic nitrogens is 3. The van der Waals surface area contributed by atoms with Crippen LogP contribution in [0.4, 0.5) is 0 Å². The van der Waals surface area contributed by atoms with Crippen LogP contribution in [0.25, 0.3) is 0 Å². The summed E-state index contributed by atoms with van der Waals surface area (Å²) < 4.78 is 2.24. The normalized spacial score (nSPS) is 25.4. The zero-order valence-corrected chi connectivity index (χ0v) is 14.0. The molecule has 126 valence electrons. The Kier molecular flexibility index (Phi) is 4.36. The zero-order chi connectivity index (χ0) is 15.6. The number of rotatable bonds is 6. The van der Waals surface area contributed by atoms with Gasteiger partial charge in [-0.1, -0.05) is 12.8 Å². The van der Waals surface area contributed by atoms with Crippen LogP contribution in [0.3, 0.4) is 0 Å². The molecule has 5 nitrogen and oxygen atoms in total. The summed E-state index contributed by atoms with van der Waals surface area (Å²) in [5.74, 6) is 3.57. The lowest BCUT2D eigenvalue weighted by Gasteiger charge is -2.19. The number of hydrogen-bond acceptors (Lipinski definition) is 3. The summed E-state index contributed by atoms with van der Waals surface area (Å²) in [5.41, 5.74) is 0. The van der Waals surface area contributed by atoms with Crippen molar-refractivity contribution in [2.24, 2.45) is 17.8 Å². The first-order valence-corrected chi connectivity index (χ1v) is 9.42. The van der Waals surface area contributed by atoms with Gasteiger partial charge in [-0.2, -0.15) is 0 Å². The third-order valence-electron chi connectivity index (χ3n) is 5.90. The van der Waals surface area contributed by atoms with E-state index in [0.29, 0.717) is 17.7 Å². The Hall–Kier alpha value is -1.39. The molecule has 0 radical (unpaired) electrons. The van der Waals surface area contributed by atoms with Gasteiger partial charge in [0.25, 0.3) is 0 Å². The van der Waals surface area contributed by atoms with Crippen molar-refractivity contribution >= 4 is 5.91 Å². The maximum absolute atomic E-state index is 12.5. The summed E-state index contributed by atoms with van der Waals surface area (Å²) in [6, 6.07) is 0. The summed E-state index contributed by atoms with van der Waals surface area (Å²) in [6.07, 6.45) is 12.6. The Bertz CT molecular complexity index is 545. The molecule has 0 bridgehead atoms. The van der Waals surface area contributed by atoms with E-state index >= 15 is 0 Å². The molecule has 2 saturated carbocycles. The maximum Gasteiger partial charge on any atom is 0.222 e. The van der Waals surface area contributed by atoms with Crippen molar-refractivity contribution < 1.29 is 4.79 Å². The van der Waals surface area contributed by atoms with E-state index in [1.165, 1.54) is 38.5 Å². The Morgan fingerprint density at radius 3 is 2.70 bits per heavy atom. The molecule has 0 N–H and O–H groups in total. The molecule has 1 aromatic heterocycles. The van der Waals surface area contributed by atoms with Crippen molar-refractivity contribution in [3.05, 3.63) is 12.2 Å². The van der Waals surface area contributed by atoms with E-state index in [-0.39, 0.29) is 0 Å². The molecule has 5 heteroatoms. The van der Waals surface area contributed by atoms with Crippen LogP contribution in [0.2, 0.25) is 0 Å². The third-order valence-corrected chi connectivity index (χ3v) is 5.90. The summed E-state index contributed by atoms with van der Waals surface area (Å²) >= 11 is 0. The fourth-order valence-electron chi connectivity index (χ4n) is 4.24. The molecule has 1 unspecified atom stereocenters. The molecule has 23 heavy (non-hydrogen) atoms. The number of amides is 1. The number of likely N-dealkylation sites (tertiary alicyclic amines) is 1. The first-order chi connectivity index (χ1) is 11.3. The van der Waals surface area contributed by atoms with Gasteiger partial charge in [0, 0.05) is 32.5 Å². The maximum atomic E-state index is 12.5. The highest BCUT2D eigenvalue weighted by atomic mass is 16.2. The van der Waals surface area contributed by atoms with E-state index in [1.54, 1.807) is 0 Å². The molecule has 1 atom stereocenters. The van der Waals surface area contributed by atoms with Crippen LogP contribution in [0.1, 0.15) is 57.2 Å². The Balaban J connectivity index is 1.28. The molecule has 4 rings (SSSR count). The van der Waals surface area contributed by atoms with Crippen molar-refractivity contribution in [2.75, 3.05) is 13.1 Å². The Morgan fingerprint density at radius 2 is 1.91 bits per heavy atom. The highest BCUT2D eigenvalue weighted by Crippen LogP contribution is 2.32. The van der Waals surface area contributed by atoms with Gasteiger partial charge in [0.2, 0.25) is 5.91 Å². The summed E-state index contributed by atoms with van der Waals surface area (Å²) in [7, 11) is 0. The summed E-state index contributed by atoms with van der Waals surface area (Å²) in [4.78, 5) is 14.6. The lowest BCUT2D eigenvalue weighted by atomic mass is 10.0. The summed E-state index contributed by atoms with van der Waals surface area (Å²) in [5, 5.41) is 8.42. The first kappa shape index (κ1) is 15.2. The van der Waals surface area contributed by atoms with Gasteiger partial charge in [0.1, 0.15) is 12.2 Å². The van der Waals surface area contributed by atoms with Crippen LogP contribution in [0, 0.1) is 17.8 Å². The molecule has 3 aliphatic rings. The second-order valence-corrected chi connectivity index (χ2v) is 7.90. The van der Waals surface area contributed by atoms with Crippen LogP contribution in [0.15, 0.2) is 6.33 Å². The highest BCUT2D eigenvalue weighted by molar-refractivity contribution is 5.76. The van der Waals surface area contributed by atoms with Crippen LogP contribution in [-0.4, -0.2) is 38.7 Å². The van der Waals surface area contributed by atoms with E-state index in [9.17, 15) is 4.79 Å². The molecule has 1 aromatic rings. The minimum absolute atomic E-state index is 0.388. The average molecular weight is 316 g/mol. The molecule has 0 aromatic carbocycles. The number of hydrogen-bond donors (Lipinski definition) is 0. The molecule has 1 saturated heterocycles. The average Bonchev–Trinajstić information content (AvgIpc) is 2.97.